The molecule has 0 unspecified atom stereocenters. The minimum Gasteiger partial charge on any atom is -0.497 e. The van der Waals surface area contributed by atoms with Crippen molar-refractivity contribution in [2.75, 3.05) is 14.2 Å². The summed E-state index contributed by atoms with van der Waals surface area (Å²) in [4.78, 5) is 26.9. The van der Waals surface area contributed by atoms with Gasteiger partial charge in [0.25, 0.3) is 5.56 Å². The van der Waals surface area contributed by atoms with Crippen molar-refractivity contribution >= 4 is 16.9 Å². The number of carbonyl (C=O) groups is 1. The SMILES string of the molecule is COc1cc(OC)c2[nH]cc3c(=O)n(-c4ccc(C(=O)O)cc4)nc-3c2c1. The maximum Gasteiger partial charge on any atom is 0.335 e. The van der Waals surface area contributed by atoms with E-state index in [9.17, 15) is 9.59 Å². The minimum atomic E-state index is -1.03. The molecule has 0 spiro atoms. The van der Waals surface area contributed by atoms with Gasteiger partial charge in [-0.1, -0.05) is 0 Å². The van der Waals surface area contributed by atoms with Crippen molar-refractivity contribution in [3.63, 3.8) is 0 Å². The Morgan fingerprint density at radius 3 is 2.52 bits per heavy atom. The largest absolute Gasteiger partial charge is 0.497 e. The van der Waals surface area contributed by atoms with Gasteiger partial charge in [-0.15, -0.1) is 0 Å². The standard InChI is InChI=1S/C19H15N3O5/c1-26-12-7-13-16-14(9-20-17(13)15(8-12)27-2)18(23)22(21-16)11-5-3-10(4-6-11)19(24)25/h3-9,20H,1-2H3,(H,24,25). The van der Waals surface area contributed by atoms with Gasteiger partial charge in [0.2, 0.25) is 0 Å². The molecule has 8 nitrogen and oxygen atoms in total. The highest BCUT2D eigenvalue weighted by Gasteiger charge is 2.21. The van der Waals surface area contributed by atoms with Crippen molar-refractivity contribution < 1.29 is 19.4 Å². The average molecular weight is 365 g/mol. The molecule has 8 heteroatoms. The van der Waals surface area contributed by atoms with E-state index in [0.29, 0.717) is 39.3 Å². The van der Waals surface area contributed by atoms with E-state index in [-0.39, 0.29) is 11.1 Å². The first-order chi connectivity index (χ1) is 13.0. The van der Waals surface area contributed by atoms with Crippen LogP contribution in [0, 0.1) is 0 Å². The number of rotatable bonds is 4. The lowest BCUT2D eigenvalue weighted by Gasteiger charge is -2.10. The normalized spacial score (nSPS) is 11.0. The van der Waals surface area contributed by atoms with Gasteiger partial charge in [0.05, 0.1) is 36.6 Å². The maximum absolute atomic E-state index is 12.8. The van der Waals surface area contributed by atoms with Crippen molar-refractivity contribution in [3.05, 3.63) is 58.5 Å². The summed E-state index contributed by atoms with van der Waals surface area (Å²) in [6, 6.07) is 9.47. The minimum absolute atomic E-state index is 0.135. The van der Waals surface area contributed by atoms with Crippen LogP contribution in [0.2, 0.25) is 0 Å². The lowest BCUT2D eigenvalue weighted by atomic mass is 10.1. The molecule has 2 aliphatic heterocycles. The van der Waals surface area contributed by atoms with Crippen molar-refractivity contribution in [2.24, 2.45) is 0 Å². The van der Waals surface area contributed by atoms with Crippen LogP contribution in [0.3, 0.4) is 0 Å². The molecule has 4 rings (SSSR count). The second kappa shape index (κ2) is 6.17. The first kappa shape index (κ1) is 16.6. The quantitative estimate of drug-likeness (QED) is 0.576. The van der Waals surface area contributed by atoms with Crippen molar-refractivity contribution in [3.8, 4) is 28.4 Å². The molecule has 2 N–H and O–H groups in total. The lowest BCUT2D eigenvalue weighted by molar-refractivity contribution is 0.0697. The van der Waals surface area contributed by atoms with E-state index >= 15 is 0 Å². The van der Waals surface area contributed by atoms with E-state index in [1.165, 1.54) is 16.8 Å². The smallest absolute Gasteiger partial charge is 0.335 e. The molecule has 2 aliphatic rings. The molecule has 27 heavy (non-hydrogen) atoms. The Hall–Kier alpha value is -3.81. The number of nitrogens with zero attached hydrogens (tertiary/aromatic N) is 2. The molecule has 136 valence electrons. The van der Waals surface area contributed by atoms with Crippen molar-refractivity contribution in [1.82, 2.24) is 14.8 Å². The fraction of sp³-hybridized carbons (Fsp3) is 0.105. The van der Waals surface area contributed by atoms with Gasteiger partial charge in [0.1, 0.15) is 17.2 Å². The van der Waals surface area contributed by atoms with E-state index in [4.69, 9.17) is 14.6 Å². The van der Waals surface area contributed by atoms with Crippen LogP contribution in [0.15, 0.2) is 47.4 Å². The van der Waals surface area contributed by atoms with Gasteiger partial charge < -0.3 is 19.6 Å². The van der Waals surface area contributed by atoms with E-state index in [1.807, 2.05) is 0 Å². The number of methoxy groups -OCH3 is 2. The highest BCUT2D eigenvalue weighted by Crippen LogP contribution is 2.35. The second-order valence-electron chi connectivity index (χ2n) is 5.87. The molecule has 0 atom stereocenters. The van der Waals surface area contributed by atoms with Crippen LogP contribution in [0.1, 0.15) is 10.4 Å². The highest BCUT2D eigenvalue weighted by atomic mass is 16.5. The van der Waals surface area contributed by atoms with Gasteiger partial charge >= 0.3 is 5.97 Å². The van der Waals surface area contributed by atoms with Gasteiger partial charge in [-0.25, -0.2) is 4.79 Å². The van der Waals surface area contributed by atoms with Gasteiger partial charge in [0, 0.05) is 17.6 Å². The fourth-order valence-corrected chi connectivity index (χ4v) is 3.01. The third-order valence-corrected chi connectivity index (χ3v) is 4.38. The predicted molar refractivity (Wildman–Crippen MR) is 98.4 cm³/mol. The number of aromatic nitrogens is 3. The number of fused-ring (bicyclic) bond motifs is 3. The Morgan fingerprint density at radius 1 is 1.15 bits per heavy atom. The average Bonchev–Trinajstić information content (AvgIpc) is 3.04. The van der Waals surface area contributed by atoms with Crippen LogP contribution in [0.5, 0.6) is 11.5 Å². The predicted octanol–water partition coefficient (Wildman–Crippen LogP) is 2.53. The van der Waals surface area contributed by atoms with Crippen LogP contribution < -0.4 is 15.0 Å². The van der Waals surface area contributed by atoms with Gasteiger partial charge in [-0.05, 0) is 30.3 Å². The van der Waals surface area contributed by atoms with Crippen LogP contribution >= 0.6 is 0 Å². The molecule has 2 aromatic carbocycles. The Balaban J connectivity index is 1.97. The Bertz CT molecular complexity index is 1190. The Morgan fingerprint density at radius 2 is 1.89 bits per heavy atom. The number of carboxylic acid groups (broad SMARTS) is 1. The maximum atomic E-state index is 12.8. The number of carboxylic acids is 1. The summed E-state index contributed by atoms with van der Waals surface area (Å²) in [6.45, 7) is 0. The zero-order valence-corrected chi connectivity index (χ0v) is 14.5. The Labute approximate surface area is 152 Å². The van der Waals surface area contributed by atoms with E-state index < -0.39 is 5.97 Å². The molecule has 0 radical (unpaired) electrons. The molecule has 2 aromatic rings. The summed E-state index contributed by atoms with van der Waals surface area (Å²) < 4.78 is 12.0. The molecule has 0 saturated heterocycles. The molecular formula is C19H15N3O5. The summed E-state index contributed by atoms with van der Waals surface area (Å²) in [5.41, 5.74) is 1.89. The molecule has 0 bridgehead atoms. The number of hydrogen-bond acceptors (Lipinski definition) is 5. The van der Waals surface area contributed by atoms with Crippen LogP contribution in [0.25, 0.3) is 27.8 Å². The summed E-state index contributed by atoms with van der Waals surface area (Å²) in [5, 5.41) is 14.2. The number of aromatic amines is 1. The van der Waals surface area contributed by atoms with Crippen molar-refractivity contribution in [2.45, 2.75) is 0 Å². The molecule has 0 aliphatic carbocycles. The number of ether oxygens (including phenoxy) is 2. The first-order valence-electron chi connectivity index (χ1n) is 8.03. The van der Waals surface area contributed by atoms with Crippen molar-refractivity contribution in [1.29, 1.82) is 0 Å². The van der Waals surface area contributed by atoms with Crippen LogP contribution in [-0.2, 0) is 0 Å². The zero-order chi connectivity index (χ0) is 19.1. The third-order valence-electron chi connectivity index (χ3n) is 4.38. The molecule has 0 amide bonds. The van der Waals surface area contributed by atoms with E-state index in [0.717, 1.165) is 0 Å². The lowest BCUT2D eigenvalue weighted by Crippen LogP contribution is -2.14. The third kappa shape index (κ3) is 2.58. The van der Waals surface area contributed by atoms with Gasteiger partial charge in [-0.2, -0.15) is 9.78 Å². The number of hydrogen-bond donors (Lipinski definition) is 2. The monoisotopic (exact) mass is 365 g/mol. The van der Waals surface area contributed by atoms with Gasteiger partial charge in [-0.3, -0.25) is 4.79 Å². The number of pyridine rings is 1. The number of nitrogens with one attached hydrogen (secondary N) is 1. The number of benzene rings is 2. The van der Waals surface area contributed by atoms with E-state index in [2.05, 4.69) is 10.1 Å². The summed E-state index contributed by atoms with van der Waals surface area (Å²) in [7, 11) is 3.10. The van der Waals surface area contributed by atoms with Crippen LogP contribution in [0.4, 0.5) is 0 Å². The summed E-state index contributed by atoms with van der Waals surface area (Å²) >= 11 is 0. The Kier molecular flexibility index (Phi) is 3.80. The molecule has 0 saturated carbocycles. The van der Waals surface area contributed by atoms with Crippen LogP contribution in [-0.4, -0.2) is 40.1 Å². The topological polar surface area (TPSA) is 106 Å². The molecule has 2 heterocycles. The highest BCUT2D eigenvalue weighted by molar-refractivity contribution is 5.97. The number of aromatic carboxylic acids is 1. The number of H-pyrrole nitrogens is 1. The second-order valence-corrected chi connectivity index (χ2v) is 5.87. The zero-order valence-electron chi connectivity index (χ0n) is 14.5. The fourth-order valence-electron chi connectivity index (χ4n) is 3.01. The molecule has 0 aromatic heterocycles. The van der Waals surface area contributed by atoms with Gasteiger partial charge in [0.15, 0.2) is 0 Å². The summed E-state index contributed by atoms with van der Waals surface area (Å²) in [5.74, 6) is 0.112. The molecular weight excluding hydrogens is 350 g/mol. The summed E-state index contributed by atoms with van der Waals surface area (Å²) in [6.07, 6.45) is 1.59. The van der Waals surface area contributed by atoms with E-state index in [1.54, 1.807) is 44.7 Å². The molecule has 0 fully saturated rings. The first-order valence-corrected chi connectivity index (χ1v) is 8.03.